The van der Waals surface area contributed by atoms with E-state index < -0.39 is 0 Å². The van der Waals surface area contributed by atoms with Gasteiger partial charge in [-0.3, -0.25) is 9.79 Å². The van der Waals surface area contributed by atoms with Gasteiger partial charge in [0.05, 0.1) is 0 Å². The van der Waals surface area contributed by atoms with Gasteiger partial charge < -0.3 is 20.5 Å². The number of para-hydroxylation sites is 1. The van der Waals surface area contributed by atoms with E-state index in [9.17, 15) is 4.79 Å². The first-order valence-electron chi connectivity index (χ1n) is 9.58. The smallest absolute Gasteiger partial charge is 0.222 e. The van der Waals surface area contributed by atoms with E-state index in [0.29, 0.717) is 13.0 Å². The van der Waals surface area contributed by atoms with Crippen molar-refractivity contribution in [2.24, 2.45) is 4.99 Å². The third-order valence-electron chi connectivity index (χ3n) is 4.77. The molecule has 0 aliphatic carbocycles. The number of aromatic amines is 1. The van der Waals surface area contributed by atoms with Gasteiger partial charge in [0.15, 0.2) is 5.96 Å². The summed E-state index contributed by atoms with van der Waals surface area (Å²) in [6, 6.07) is 10.8. The molecule has 6 heteroatoms. The highest BCUT2D eigenvalue weighted by molar-refractivity contribution is 5.81. The van der Waals surface area contributed by atoms with Crippen molar-refractivity contribution in [3.05, 3.63) is 36.0 Å². The number of hydrogen-bond donors (Lipinski definition) is 3. The second-order valence-corrected chi connectivity index (χ2v) is 6.72. The molecule has 2 heterocycles. The first kappa shape index (κ1) is 18.3. The van der Waals surface area contributed by atoms with E-state index in [1.165, 1.54) is 16.6 Å². The van der Waals surface area contributed by atoms with Crippen LogP contribution in [0, 0.1) is 0 Å². The van der Waals surface area contributed by atoms with E-state index in [0.717, 1.165) is 38.4 Å². The molecular formula is C20H29N5O. The van der Waals surface area contributed by atoms with Crippen molar-refractivity contribution in [3.8, 4) is 0 Å². The van der Waals surface area contributed by atoms with Crippen molar-refractivity contribution in [2.75, 3.05) is 26.2 Å². The number of aromatic nitrogens is 1. The van der Waals surface area contributed by atoms with Crippen LogP contribution in [0.1, 0.15) is 32.4 Å². The third kappa shape index (κ3) is 4.56. The Bertz CT molecular complexity index is 733. The van der Waals surface area contributed by atoms with Gasteiger partial charge in [0, 0.05) is 56.3 Å². The highest BCUT2D eigenvalue weighted by atomic mass is 16.2. The van der Waals surface area contributed by atoms with E-state index in [1.54, 1.807) is 0 Å². The van der Waals surface area contributed by atoms with Gasteiger partial charge in [0.25, 0.3) is 0 Å². The fraction of sp³-hybridized carbons (Fsp3) is 0.500. The van der Waals surface area contributed by atoms with E-state index in [2.05, 4.69) is 46.8 Å². The highest BCUT2D eigenvalue weighted by Gasteiger charge is 2.25. The highest BCUT2D eigenvalue weighted by Crippen LogP contribution is 2.15. The summed E-state index contributed by atoms with van der Waals surface area (Å²) < 4.78 is 0. The van der Waals surface area contributed by atoms with Crippen molar-refractivity contribution >= 4 is 22.8 Å². The Morgan fingerprint density at radius 2 is 2.19 bits per heavy atom. The van der Waals surface area contributed by atoms with Gasteiger partial charge in [0.2, 0.25) is 5.91 Å². The number of nitrogens with zero attached hydrogens (tertiary/aromatic N) is 2. The molecule has 1 unspecified atom stereocenters. The number of fused-ring (bicyclic) bond motifs is 1. The van der Waals surface area contributed by atoms with Crippen LogP contribution in [0.5, 0.6) is 0 Å². The van der Waals surface area contributed by atoms with Crippen molar-refractivity contribution in [1.29, 1.82) is 0 Å². The summed E-state index contributed by atoms with van der Waals surface area (Å²) in [5, 5.41) is 8.02. The first-order valence-corrected chi connectivity index (χ1v) is 9.58. The molecule has 1 aromatic heterocycles. The minimum Gasteiger partial charge on any atom is -0.358 e. The van der Waals surface area contributed by atoms with E-state index in [4.69, 9.17) is 4.99 Å². The SMILES string of the molecule is CCNC(=NCCc1cc2ccccc2[nH]1)NC1CCN(C(=O)CC)C1. The second kappa shape index (κ2) is 8.74. The van der Waals surface area contributed by atoms with Crippen molar-refractivity contribution in [2.45, 2.75) is 39.2 Å². The average molecular weight is 355 g/mol. The topological polar surface area (TPSA) is 72.5 Å². The Hall–Kier alpha value is -2.50. The van der Waals surface area contributed by atoms with Gasteiger partial charge in [0.1, 0.15) is 0 Å². The Balaban J connectivity index is 1.54. The number of aliphatic imine (C=N–C) groups is 1. The van der Waals surface area contributed by atoms with E-state index in [-0.39, 0.29) is 11.9 Å². The van der Waals surface area contributed by atoms with Gasteiger partial charge in [-0.1, -0.05) is 25.1 Å². The van der Waals surface area contributed by atoms with Crippen LogP contribution in [0.15, 0.2) is 35.3 Å². The number of carbonyl (C=O) groups is 1. The fourth-order valence-electron chi connectivity index (χ4n) is 3.40. The number of benzene rings is 1. The maximum Gasteiger partial charge on any atom is 0.222 e. The third-order valence-corrected chi connectivity index (χ3v) is 4.77. The summed E-state index contributed by atoms with van der Waals surface area (Å²) >= 11 is 0. The van der Waals surface area contributed by atoms with Crippen LogP contribution < -0.4 is 10.6 Å². The summed E-state index contributed by atoms with van der Waals surface area (Å²) in [7, 11) is 0. The fourth-order valence-corrected chi connectivity index (χ4v) is 3.40. The zero-order valence-corrected chi connectivity index (χ0v) is 15.7. The molecule has 1 saturated heterocycles. The Morgan fingerprint density at radius 1 is 1.35 bits per heavy atom. The normalized spacial score (nSPS) is 17.7. The van der Waals surface area contributed by atoms with E-state index in [1.807, 2.05) is 17.9 Å². The lowest BCUT2D eigenvalue weighted by atomic mass is 10.2. The largest absolute Gasteiger partial charge is 0.358 e. The maximum atomic E-state index is 11.8. The number of amides is 1. The molecule has 3 rings (SSSR count). The lowest BCUT2D eigenvalue weighted by molar-refractivity contribution is -0.129. The molecule has 1 aromatic carbocycles. The van der Waals surface area contributed by atoms with Crippen molar-refractivity contribution in [3.63, 3.8) is 0 Å². The molecule has 0 saturated carbocycles. The van der Waals surface area contributed by atoms with Gasteiger partial charge in [-0.15, -0.1) is 0 Å². The molecule has 1 aliphatic heterocycles. The zero-order valence-electron chi connectivity index (χ0n) is 15.7. The molecule has 0 radical (unpaired) electrons. The monoisotopic (exact) mass is 355 g/mol. The van der Waals surface area contributed by atoms with Crippen molar-refractivity contribution in [1.82, 2.24) is 20.5 Å². The molecule has 26 heavy (non-hydrogen) atoms. The number of guanidine groups is 1. The summed E-state index contributed by atoms with van der Waals surface area (Å²) in [5.41, 5.74) is 2.37. The van der Waals surface area contributed by atoms with Crippen LogP contribution >= 0.6 is 0 Å². The first-order chi connectivity index (χ1) is 12.7. The Labute approximate surface area is 155 Å². The number of hydrogen-bond acceptors (Lipinski definition) is 2. The van der Waals surface area contributed by atoms with E-state index >= 15 is 0 Å². The molecule has 140 valence electrons. The minimum absolute atomic E-state index is 0.232. The number of likely N-dealkylation sites (tertiary alicyclic amines) is 1. The lowest BCUT2D eigenvalue weighted by Crippen LogP contribution is -2.45. The van der Waals surface area contributed by atoms with Crippen LogP contribution in [0.3, 0.4) is 0 Å². The Morgan fingerprint density at radius 3 is 2.96 bits per heavy atom. The molecule has 3 N–H and O–H groups in total. The van der Waals surface area contributed by atoms with Gasteiger partial charge >= 0.3 is 0 Å². The molecule has 1 aliphatic rings. The minimum atomic E-state index is 0.232. The molecule has 6 nitrogen and oxygen atoms in total. The van der Waals surface area contributed by atoms with Crippen LogP contribution in [0.4, 0.5) is 0 Å². The number of rotatable bonds is 6. The van der Waals surface area contributed by atoms with Crippen LogP contribution in [0.2, 0.25) is 0 Å². The molecule has 2 aromatic rings. The van der Waals surface area contributed by atoms with Gasteiger partial charge in [-0.05, 0) is 30.9 Å². The average Bonchev–Trinajstić information content (AvgIpc) is 3.27. The van der Waals surface area contributed by atoms with Crippen LogP contribution in [0.25, 0.3) is 10.9 Å². The molecule has 0 spiro atoms. The summed E-state index contributed by atoms with van der Waals surface area (Å²) in [5.74, 6) is 1.06. The standard InChI is InChI=1S/C20H29N5O/c1-3-19(26)25-12-10-17(14-25)24-20(21-4-2)22-11-9-16-13-15-7-5-6-8-18(15)23-16/h5-8,13,17,23H,3-4,9-12,14H2,1-2H3,(H2,21,22,24). The molecule has 1 atom stereocenters. The van der Waals surface area contributed by atoms with Gasteiger partial charge in [-0.25, -0.2) is 0 Å². The van der Waals surface area contributed by atoms with Crippen LogP contribution in [-0.2, 0) is 11.2 Å². The summed E-state index contributed by atoms with van der Waals surface area (Å²) in [6.07, 6.45) is 2.42. The molecule has 1 fully saturated rings. The van der Waals surface area contributed by atoms with Crippen LogP contribution in [-0.4, -0.2) is 54.0 Å². The maximum absolute atomic E-state index is 11.8. The predicted octanol–water partition coefficient (Wildman–Crippen LogP) is 2.28. The number of H-pyrrole nitrogens is 1. The second-order valence-electron chi connectivity index (χ2n) is 6.72. The number of nitrogens with one attached hydrogen (secondary N) is 3. The van der Waals surface area contributed by atoms with Crippen molar-refractivity contribution < 1.29 is 4.79 Å². The summed E-state index contributed by atoms with van der Waals surface area (Å²) in [6.45, 7) is 7.11. The summed E-state index contributed by atoms with van der Waals surface area (Å²) in [4.78, 5) is 21.9. The lowest BCUT2D eigenvalue weighted by Gasteiger charge is -2.18. The number of carbonyl (C=O) groups excluding carboxylic acids is 1. The zero-order chi connectivity index (χ0) is 18.4. The quantitative estimate of drug-likeness (QED) is 0.550. The molecule has 0 bridgehead atoms. The van der Waals surface area contributed by atoms with Gasteiger partial charge in [-0.2, -0.15) is 0 Å². The molecular weight excluding hydrogens is 326 g/mol. The molecule has 1 amide bonds. The predicted molar refractivity (Wildman–Crippen MR) is 106 cm³/mol. The Kier molecular flexibility index (Phi) is 6.15.